The Morgan fingerprint density at radius 2 is 2.31 bits per heavy atom. The van der Waals surface area contributed by atoms with Crippen LogP contribution in [0.4, 0.5) is 0 Å². The van der Waals surface area contributed by atoms with E-state index < -0.39 is 5.91 Å². The van der Waals surface area contributed by atoms with Crippen LogP contribution in [0.1, 0.15) is 16.4 Å². The number of amides is 1. The van der Waals surface area contributed by atoms with Crippen molar-refractivity contribution in [2.45, 2.75) is 13.5 Å². The summed E-state index contributed by atoms with van der Waals surface area (Å²) in [4.78, 5) is 23.0. The Labute approximate surface area is 90.9 Å². The van der Waals surface area contributed by atoms with E-state index in [4.69, 9.17) is 10.8 Å². The van der Waals surface area contributed by atoms with Crippen LogP contribution in [0, 0.1) is 6.92 Å². The molecule has 0 bridgehead atoms. The summed E-state index contributed by atoms with van der Waals surface area (Å²) in [7, 11) is 0. The fourth-order valence-electron chi connectivity index (χ4n) is 1.52. The maximum atomic E-state index is 10.9. The van der Waals surface area contributed by atoms with Crippen LogP contribution in [0.15, 0.2) is 6.20 Å². The molecule has 1 amide bonds. The largest absolute Gasteiger partial charge is 0.395 e. The first-order chi connectivity index (χ1) is 7.63. The van der Waals surface area contributed by atoms with E-state index in [-0.39, 0.29) is 12.4 Å². The average molecular weight is 221 g/mol. The van der Waals surface area contributed by atoms with Crippen LogP contribution in [0.25, 0.3) is 11.2 Å². The third kappa shape index (κ3) is 1.61. The van der Waals surface area contributed by atoms with Gasteiger partial charge in [0.15, 0.2) is 5.65 Å². The molecule has 2 aromatic heterocycles. The van der Waals surface area contributed by atoms with Gasteiger partial charge in [0, 0.05) is 6.54 Å². The first-order valence-corrected chi connectivity index (χ1v) is 4.74. The van der Waals surface area contributed by atoms with Crippen molar-refractivity contribution in [3.63, 3.8) is 0 Å². The molecular formula is C9H11N5O2. The van der Waals surface area contributed by atoms with Gasteiger partial charge < -0.3 is 15.4 Å². The van der Waals surface area contributed by atoms with Gasteiger partial charge in [-0.2, -0.15) is 0 Å². The quantitative estimate of drug-likeness (QED) is 0.707. The third-order valence-corrected chi connectivity index (χ3v) is 2.22. The molecule has 0 aliphatic carbocycles. The Hall–Kier alpha value is -2.02. The summed E-state index contributed by atoms with van der Waals surface area (Å²) in [6.45, 7) is 2.14. The second-order valence-corrected chi connectivity index (χ2v) is 3.30. The monoisotopic (exact) mass is 221 g/mol. The molecule has 0 aromatic carbocycles. The Balaban J connectivity index is 2.64. The molecule has 7 nitrogen and oxygen atoms in total. The predicted molar refractivity (Wildman–Crippen MR) is 55.7 cm³/mol. The molecule has 16 heavy (non-hydrogen) atoms. The fourth-order valence-corrected chi connectivity index (χ4v) is 1.52. The van der Waals surface area contributed by atoms with E-state index in [1.165, 1.54) is 6.20 Å². The van der Waals surface area contributed by atoms with E-state index in [9.17, 15) is 4.79 Å². The summed E-state index contributed by atoms with van der Waals surface area (Å²) in [5.74, 6) is -0.0251. The van der Waals surface area contributed by atoms with Gasteiger partial charge in [-0.25, -0.2) is 15.0 Å². The summed E-state index contributed by atoms with van der Waals surface area (Å²) in [6.07, 6.45) is 1.45. The van der Waals surface area contributed by atoms with Gasteiger partial charge in [-0.15, -0.1) is 0 Å². The summed E-state index contributed by atoms with van der Waals surface area (Å²) < 4.78 is 1.71. The predicted octanol–water partition coefficient (Wildman–Crippen LogP) is -0.774. The highest BCUT2D eigenvalue weighted by Gasteiger charge is 2.12. The molecule has 0 aliphatic rings. The van der Waals surface area contributed by atoms with Crippen LogP contribution in [0.2, 0.25) is 0 Å². The minimum atomic E-state index is -0.684. The van der Waals surface area contributed by atoms with E-state index in [1.54, 1.807) is 11.5 Å². The molecule has 7 heteroatoms. The minimum absolute atomic E-state index is 0.0256. The lowest BCUT2D eigenvalue weighted by molar-refractivity contribution is 0.0990. The Kier molecular flexibility index (Phi) is 2.53. The molecule has 0 saturated heterocycles. The van der Waals surface area contributed by atoms with Crippen molar-refractivity contribution in [2.75, 3.05) is 6.61 Å². The fraction of sp³-hybridized carbons (Fsp3) is 0.333. The van der Waals surface area contributed by atoms with Crippen LogP contribution in [0.5, 0.6) is 0 Å². The summed E-state index contributed by atoms with van der Waals surface area (Å²) >= 11 is 0. The van der Waals surface area contributed by atoms with E-state index in [0.717, 1.165) is 0 Å². The number of aromatic nitrogens is 4. The van der Waals surface area contributed by atoms with Crippen LogP contribution >= 0.6 is 0 Å². The smallest absolute Gasteiger partial charge is 0.286 e. The molecule has 2 heterocycles. The highest BCUT2D eigenvalue weighted by Crippen LogP contribution is 2.12. The van der Waals surface area contributed by atoms with Gasteiger partial charge in [0.1, 0.15) is 11.3 Å². The summed E-state index contributed by atoms with van der Waals surface area (Å²) in [6, 6.07) is 0. The molecule has 0 saturated carbocycles. The highest BCUT2D eigenvalue weighted by atomic mass is 16.3. The van der Waals surface area contributed by atoms with Gasteiger partial charge in [-0.05, 0) is 6.92 Å². The van der Waals surface area contributed by atoms with Gasteiger partial charge in [0.25, 0.3) is 5.91 Å². The second kappa shape index (κ2) is 3.86. The van der Waals surface area contributed by atoms with E-state index in [0.29, 0.717) is 23.5 Å². The van der Waals surface area contributed by atoms with Gasteiger partial charge in [-0.1, -0.05) is 0 Å². The molecule has 2 aromatic rings. The first kappa shape index (κ1) is 10.5. The van der Waals surface area contributed by atoms with Crippen molar-refractivity contribution >= 4 is 17.1 Å². The number of rotatable bonds is 3. The van der Waals surface area contributed by atoms with Crippen LogP contribution < -0.4 is 5.73 Å². The van der Waals surface area contributed by atoms with Gasteiger partial charge >= 0.3 is 0 Å². The molecule has 2 rings (SSSR count). The molecule has 0 unspecified atom stereocenters. The van der Waals surface area contributed by atoms with Crippen molar-refractivity contribution in [3.05, 3.63) is 17.8 Å². The maximum Gasteiger partial charge on any atom is 0.286 e. The van der Waals surface area contributed by atoms with E-state index in [2.05, 4.69) is 15.0 Å². The third-order valence-electron chi connectivity index (χ3n) is 2.22. The Morgan fingerprint density at radius 1 is 1.56 bits per heavy atom. The lowest BCUT2D eigenvalue weighted by Gasteiger charge is -2.02. The number of aryl methyl sites for hydroxylation is 1. The number of aliphatic hydroxyl groups excluding tert-OH is 1. The topological polar surface area (TPSA) is 107 Å². The molecule has 0 radical (unpaired) electrons. The van der Waals surface area contributed by atoms with Gasteiger partial charge in [0.2, 0.25) is 5.82 Å². The molecular weight excluding hydrogens is 210 g/mol. The van der Waals surface area contributed by atoms with Crippen molar-refractivity contribution in [1.29, 1.82) is 0 Å². The lowest BCUT2D eigenvalue weighted by atomic mass is 10.5. The molecule has 0 fully saturated rings. The Bertz CT molecular complexity index is 548. The van der Waals surface area contributed by atoms with Crippen molar-refractivity contribution in [2.24, 2.45) is 5.73 Å². The number of carbonyl (C=O) groups excluding carboxylic acids is 1. The Morgan fingerprint density at radius 3 is 2.94 bits per heavy atom. The summed E-state index contributed by atoms with van der Waals surface area (Å²) in [5.41, 5.74) is 6.18. The van der Waals surface area contributed by atoms with Gasteiger partial charge in [-0.3, -0.25) is 4.79 Å². The van der Waals surface area contributed by atoms with Crippen LogP contribution in [0.3, 0.4) is 0 Å². The lowest BCUT2D eigenvalue weighted by Crippen LogP contribution is -2.16. The number of aliphatic hydroxyl groups is 1. The maximum absolute atomic E-state index is 10.9. The summed E-state index contributed by atoms with van der Waals surface area (Å²) in [5, 5.41) is 8.92. The standard InChI is InChI=1S/C9H11N5O2/c1-5-12-6-4-11-8(7(10)16)13-9(6)14(5)2-3-15/h4,15H,2-3H2,1H3,(H2,10,16). The van der Waals surface area contributed by atoms with E-state index in [1.807, 2.05) is 0 Å². The number of carbonyl (C=O) groups is 1. The number of primary amides is 1. The van der Waals surface area contributed by atoms with Crippen LogP contribution in [-0.2, 0) is 6.54 Å². The minimum Gasteiger partial charge on any atom is -0.395 e. The number of hydrogen-bond acceptors (Lipinski definition) is 5. The highest BCUT2D eigenvalue weighted by molar-refractivity contribution is 5.90. The number of imidazole rings is 1. The second-order valence-electron chi connectivity index (χ2n) is 3.30. The zero-order valence-electron chi connectivity index (χ0n) is 8.71. The normalized spacial score (nSPS) is 10.9. The first-order valence-electron chi connectivity index (χ1n) is 4.74. The SMILES string of the molecule is Cc1nc2cnc(C(N)=O)nc2n1CCO. The molecule has 0 spiro atoms. The molecule has 84 valence electrons. The molecule has 3 N–H and O–H groups in total. The average Bonchev–Trinajstić information content (AvgIpc) is 2.55. The number of hydrogen-bond donors (Lipinski definition) is 2. The zero-order valence-corrected chi connectivity index (χ0v) is 8.71. The van der Waals surface area contributed by atoms with Crippen molar-refractivity contribution in [1.82, 2.24) is 19.5 Å². The molecule has 0 atom stereocenters. The van der Waals surface area contributed by atoms with Gasteiger partial charge in [0.05, 0.1) is 12.8 Å². The van der Waals surface area contributed by atoms with Crippen LogP contribution in [-0.4, -0.2) is 37.1 Å². The van der Waals surface area contributed by atoms with Crippen molar-refractivity contribution < 1.29 is 9.90 Å². The zero-order chi connectivity index (χ0) is 11.7. The van der Waals surface area contributed by atoms with E-state index >= 15 is 0 Å². The number of nitrogens with two attached hydrogens (primary N) is 1. The molecule has 0 aliphatic heterocycles. The number of fused-ring (bicyclic) bond motifs is 1. The number of nitrogens with zero attached hydrogens (tertiary/aromatic N) is 4. The van der Waals surface area contributed by atoms with Crippen molar-refractivity contribution in [3.8, 4) is 0 Å².